The molecule has 0 saturated carbocycles. The van der Waals surface area contributed by atoms with Gasteiger partial charge >= 0.3 is 0 Å². The summed E-state index contributed by atoms with van der Waals surface area (Å²) in [5.74, 6) is 1.64. The van der Waals surface area contributed by atoms with Crippen LogP contribution in [0.5, 0.6) is 5.75 Å². The Bertz CT molecular complexity index is 1010. The molecule has 2 unspecified atom stereocenters. The van der Waals surface area contributed by atoms with E-state index in [9.17, 15) is 0 Å². The molecule has 0 amide bonds. The van der Waals surface area contributed by atoms with Gasteiger partial charge < -0.3 is 10.1 Å². The maximum atomic E-state index is 6.10. The second kappa shape index (κ2) is 8.48. The standard InChI is InChI=1S/C24H22Cl2N2O/c1-15(2)29-21-6-4-3-5-20(21)24-27-22(16-7-11-18(25)12-8-16)23(28-24)17-9-13-19(26)14-10-17/h3-15,22-23H,1-2H3,(H,27,28). The van der Waals surface area contributed by atoms with Crippen LogP contribution in [-0.4, -0.2) is 11.9 Å². The number of para-hydroxylation sites is 1. The van der Waals surface area contributed by atoms with Crippen molar-refractivity contribution in [2.24, 2.45) is 4.99 Å². The van der Waals surface area contributed by atoms with Crippen LogP contribution in [0.15, 0.2) is 77.8 Å². The summed E-state index contributed by atoms with van der Waals surface area (Å²) in [5, 5.41) is 5.04. The Morgan fingerprint density at radius 2 is 1.41 bits per heavy atom. The summed E-state index contributed by atoms with van der Waals surface area (Å²) in [6, 6.07) is 23.6. The van der Waals surface area contributed by atoms with E-state index in [1.807, 2.05) is 86.6 Å². The molecule has 2 atom stereocenters. The molecule has 3 aromatic carbocycles. The highest BCUT2D eigenvalue weighted by atomic mass is 35.5. The zero-order valence-electron chi connectivity index (χ0n) is 16.3. The summed E-state index contributed by atoms with van der Waals surface area (Å²) >= 11 is 12.2. The molecule has 0 aliphatic carbocycles. The summed E-state index contributed by atoms with van der Waals surface area (Å²) in [5.41, 5.74) is 3.17. The van der Waals surface area contributed by atoms with E-state index in [0.29, 0.717) is 10.0 Å². The minimum atomic E-state index is -0.0875. The monoisotopic (exact) mass is 424 g/mol. The Hall–Kier alpha value is -2.49. The van der Waals surface area contributed by atoms with E-state index < -0.39 is 0 Å². The Morgan fingerprint density at radius 3 is 2.03 bits per heavy atom. The quantitative estimate of drug-likeness (QED) is 0.499. The molecule has 0 fully saturated rings. The van der Waals surface area contributed by atoms with E-state index in [4.69, 9.17) is 32.9 Å². The van der Waals surface area contributed by atoms with Gasteiger partial charge in [0.1, 0.15) is 17.6 Å². The molecule has 3 nitrogen and oxygen atoms in total. The lowest BCUT2D eigenvalue weighted by Crippen LogP contribution is -2.25. The molecular weight excluding hydrogens is 403 g/mol. The number of nitrogens with one attached hydrogen (secondary N) is 1. The smallest absolute Gasteiger partial charge is 0.133 e. The van der Waals surface area contributed by atoms with Crippen molar-refractivity contribution in [3.05, 3.63) is 99.5 Å². The van der Waals surface area contributed by atoms with Crippen LogP contribution in [0.1, 0.15) is 42.6 Å². The van der Waals surface area contributed by atoms with Gasteiger partial charge in [-0.2, -0.15) is 0 Å². The maximum absolute atomic E-state index is 6.10. The van der Waals surface area contributed by atoms with Crippen molar-refractivity contribution in [2.75, 3.05) is 0 Å². The van der Waals surface area contributed by atoms with Gasteiger partial charge in [-0.25, -0.2) is 0 Å². The normalized spacial score (nSPS) is 18.4. The number of benzene rings is 3. The third-order valence-corrected chi connectivity index (χ3v) is 5.33. The molecule has 1 aliphatic heterocycles. The third-order valence-electron chi connectivity index (χ3n) is 4.82. The fraction of sp³-hybridized carbons (Fsp3) is 0.208. The lowest BCUT2D eigenvalue weighted by atomic mass is 9.95. The Balaban J connectivity index is 1.75. The van der Waals surface area contributed by atoms with Crippen molar-refractivity contribution in [3.63, 3.8) is 0 Å². The molecule has 29 heavy (non-hydrogen) atoms. The fourth-order valence-corrected chi connectivity index (χ4v) is 3.76. The first-order chi connectivity index (χ1) is 14.0. The molecule has 1 heterocycles. The zero-order chi connectivity index (χ0) is 20.4. The van der Waals surface area contributed by atoms with Gasteiger partial charge in [-0.15, -0.1) is 0 Å². The second-order valence-electron chi connectivity index (χ2n) is 7.31. The van der Waals surface area contributed by atoms with Gasteiger partial charge in [-0.1, -0.05) is 59.6 Å². The van der Waals surface area contributed by atoms with Crippen LogP contribution in [0.3, 0.4) is 0 Å². The van der Waals surface area contributed by atoms with Crippen LogP contribution in [0.2, 0.25) is 10.0 Å². The van der Waals surface area contributed by atoms with Gasteiger partial charge in [-0.05, 0) is 61.4 Å². The molecule has 148 valence electrons. The third kappa shape index (κ3) is 4.42. The van der Waals surface area contributed by atoms with Crippen molar-refractivity contribution < 1.29 is 4.74 Å². The topological polar surface area (TPSA) is 33.6 Å². The zero-order valence-corrected chi connectivity index (χ0v) is 17.8. The van der Waals surface area contributed by atoms with Gasteiger partial charge in [0.2, 0.25) is 0 Å². The first-order valence-corrected chi connectivity index (χ1v) is 10.4. The van der Waals surface area contributed by atoms with Crippen molar-refractivity contribution in [1.29, 1.82) is 0 Å². The van der Waals surface area contributed by atoms with E-state index in [2.05, 4.69) is 5.32 Å². The molecule has 4 rings (SSSR count). The number of rotatable bonds is 5. The van der Waals surface area contributed by atoms with E-state index in [0.717, 1.165) is 28.3 Å². The highest BCUT2D eigenvalue weighted by Gasteiger charge is 2.32. The molecule has 0 spiro atoms. The molecule has 0 saturated heterocycles. The first-order valence-electron chi connectivity index (χ1n) is 9.62. The van der Waals surface area contributed by atoms with Gasteiger partial charge in [0.15, 0.2) is 0 Å². The highest BCUT2D eigenvalue weighted by molar-refractivity contribution is 6.30. The summed E-state index contributed by atoms with van der Waals surface area (Å²) in [4.78, 5) is 5.06. The molecule has 0 bridgehead atoms. The number of amidine groups is 1. The summed E-state index contributed by atoms with van der Waals surface area (Å²) < 4.78 is 6.02. The van der Waals surface area contributed by atoms with Crippen molar-refractivity contribution >= 4 is 29.0 Å². The second-order valence-corrected chi connectivity index (χ2v) is 8.18. The lowest BCUT2D eigenvalue weighted by molar-refractivity contribution is 0.242. The molecule has 0 aromatic heterocycles. The number of aliphatic imine (C=N–C) groups is 1. The number of nitrogens with zero attached hydrogens (tertiary/aromatic N) is 1. The molecular formula is C24H22Cl2N2O. The summed E-state index contributed by atoms with van der Waals surface area (Å²) in [6.07, 6.45) is 0.0808. The Kier molecular flexibility index (Phi) is 5.79. The van der Waals surface area contributed by atoms with Crippen LogP contribution in [0, 0.1) is 0 Å². The van der Waals surface area contributed by atoms with Gasteiger partial charge in [0.05, 0.1) is 17.7 Å². The van der Waals surface area contributed by atoms with E-state index >= 15 is 0 Å². The van der Waals surface area contributed by atoms with Crippen molar-refractivity contribution in [3.8, 4) is 5.75 Å². The molecule has 3 aromatic rings. The maximum Gasteiger partial charge on any atom is 0.133 e. The van der Waals surface area contributed by atoms with Gasteiger partial charge in [-0.3, -0.25) is 4.99 Å². The SMILES string of the molecule is CC(C)Oc1ccccc1C1=NC(c2ccc(Cl)cc2)C(c2ccc(Cl)cc2)N1. The fourth-order valence-electron chi connectivity index (χ4n) is 3.51. The van der Waals surface area contributed by atoms with Crippen molar-refractivity contribution in [1.82, 2.24) is 5.32 Å². The Labute approximate surface area is 181 Å². The molecule has 1 aliphatic rings. The first kappa shape index (κ1) is 19.8. The number of ether oxygens (including phenoxy) is 1. The van der Waals surface area contributed by atoms with Crippen LogP contribution in [0.25, 0.3) is 0 Å². The highest BCUT2D eigenvalue weighted by Crippen LogP contribution is 2.38. The number of halogens is 2. The predicted molar refractivity (Wildman–Crippen MR) is 120 cm³/mol. The van der Waals surface area contributed by atoms with E-state index in [-0.39, 0.29) is 18.2 Å². The number of hydrogen-bond acceptors (Lipinski definition) is 3. The van der Waals surface area contributed by atoms with Crippen LogP contribution in [0.4, 0.5) is 0 Å². The van der Waals surface area contributed by atoms with Crippen LogP contribution < -0.4 is 10.1 Å². The summed E-state index contributed by atoms with van der Waals surface area (Å²) in [7, 11) is 0. The molecule has 1 N–H and O–H groups in total. The molecule has 0 radical (unpaired) electrons. The van der Waals surface area contributed by atoms with E-state index in [1.165, 1.54) is 0 Å². The molecule has 5 heteroatoms. The average molecular weight is 425 g/mol. The van der Waals surface area contributed by atoms with Crippen LogP contribution in [-0.2, 0) is 0 Å². The minimum absolute atomic E-state index is 0.0180. The lowest BCUT2D eigenvalue weighted by Gasteiger charge is -2.20. The van der Waals surface area contributed by atoms with E-state index in [1.54, 1.807) is 0 Å². The average Bonchev–Trinajstić information content (AvgIpc) is 3.14. The number of hydrogen-bond donors (Lipinski definition) is 1. The van der Waals surface area contributed by atoms with Gasteiger partial charge in [0, 0.05) is 10.0 Å². The summed E-state index contributed by atoms with van der Waals surface area (Å²) in [6.45, 7) is 4.04. The van der Waals surface area contributed by atoms with Crippen LogP contribution >= 0.6 is 23.2 Å². The minimum Gasteiger partial charge on any atom is -0.490 e. The predicted octanol–water partition coefficient (Wildman–Crippen LogP) is 6.61. The van der Waals surface area contributed by atoms with Gasteiger partial charge in [0.25, 0.3) is 0 Å². The Morgan fingerprint density at radius 1 is 0.828 bits per heavy atom. The van der Waals surface area contributed by atoms with Crippen molar-refractivity contribution in [2.45, 2.75) is 32.0 Å². The largest absolute Gasteiger partial charge is 0.490 e.